The molecule has 56 heavy (non-hydrogen) atoms. The number of methoxy groups -OCH3 is 1. The number of carbonyl (C=O) groups is 1. The van der Waals surface area contributed by atoms with Crippen molar-refractivity contribution in [2.75, 3.05) is 47.9 Å². The van der Waals surface area contributed by atoms with Gasteiger partial charge < -0.3 is 55.2 Å². The molecular weight excluding hydrogens is 714 g/mol. The summed E-state index contributed by atoms with van der Waals surface area (Å²) in [5.74, 6) is -0.577. The average Bonchev–Trinajstić information content (AvgIpc) is 3.15. The topological polar surface area (TPSA) is 176 Å². The van der Waals surface area contributed by atoms with Crippen LogP contribution in [0.25, 0.3) is 0 Å². The summed E-state index contributed by atoms with van der Waals surface area (Å²) in [4.78, 5) is 14.5. The molecule has 12 heteroatoms. The maximum absolute atomic E-state index is 12.4. The standard InChI is InChI=1S/C39H76N2O8.C2H7N.C2H6.CH4O/c1-13-32(46-12)38(9,10)36(44)30(8)41(18-17-40)22-24(2)21-39(11,45)37(49-33-16-14-15-28(6)47-33)29(7)35(27(5)23-42)48-31-19-25(3)34(43)26(4)20-31;1-3-2;2*1-2/h23-37,43-45H,13-22,40H2,1-12H3;3H,1-2H3;1-2H3;2H,1H3/t24-,25?,26?,27?,28?,29+,30?,31?,32-,33?,34?,35-,36?,37-,39-;;;/m1.../s1. The van der Waals surface area contributed by atoms with E-state index >= 15 is 0 Å². The minimum atomic E-state index is -1.30. The van der Waals surface area contributed by atoms with E-state index in [1.807, 2.05) is 90.3 Å². The molecule has 13 atom stereocenters. The third kappa shape index (κ3) is 18.2. The smallest absolute Gasteiger partial charge is 0.158 e. The first kappa shape index (κ1) is 57.3. The van der Waals surface area contributed by atoms with Crippen molar-refractivity contribution < 1.29 is 44.2 Å². The largest absolute Gasteiger partial charge is 0.400 e. The van der Waals surface area contributed by atoms with Crippen LogP contribution in [0.4, 0.5) is 0 Å². The number of carbonyl (C=O) groups excluding carboxylic acids is 1. The lowest BCUT2D eigenvalue weighted by Gasteiger charge is -2.46. The molecule has 7 N–H and O–H groups in total. The molecule has 7 unspecified atom stereocenters. The van der Waals surface area contributed by atoms with E-state index in [9.17, 15) is 20.1 Å². The summed E-state index contributed by atoms with van der Waals surface area (Å²) in [6.07, 6.45) is 3.43. The first-order valence-corrected chi connectivity index (χ1v) is 21.8. The summed E-state index contributed by atoms with van der Waals surface area (Å²) in [5, 5.41) is 44.4. The number of aldehydes is 1. The molecule has 0 radical (unpaired) electrons. The minimum Gasteiger partial charge on any atom is -0.400 e. The van der Waals surface area contributed by atoms with Crippen molar-refractivity contribution in [1.29, 1.82) is 0 Å². The number of rotatable bonds is 21. The Labute approximate surface area is 344 Å². The Morgan fingerprint density at radius 3 is 1.98 bits per heavy atom. The number of hydrogen-bond donors (Lipinski definition) is 6. The highest BCUT2D eigenvalue weighted by Crippen LogP contribution is 2.39. The lowest BCUT2D eigenvalue weighted by Crippen LogP contribution is -2.56. The Bertz CT molecular complexity index is 960. The number of aliphatic hydroxyl groups is 4. The van der Waals surface area contributed by atoms with Crippen molar-refractivity contribution in [1.82, 2.24) is 10.2 Å². The molecule has 2 fully saturated rings. The van der Waals surface area contributed by atoms with Gasteiger partial charge in [0.15, 0.2) is 6.29 Å². The number of nitrogens with one attached hydrogen (secondary N) is 1. The molecule has 1 heterocycles. The first-order chi connectivity index (χ1) is 26.2. The Morgan fingerprint density at radius 1 is 1.00 bits per heavy atom. The van der Waals surface area contributed by atoms with Crippen molar-refractivity contribution in [2.24, 2.45) is 40.7 Å². The quantitative estimate of drug-likeness (QED) is 0.0788. The van der Waals surface area contributed by atoms with E-state index in [0.717, 1.165) is 39.1 Å². The molecule has 0 aromatic carbocycles. The van der Waals surface area contributed by atoms with Gasteiger partial charge in [-0.1, -0.05) is 69.2 Å². The number of hydrogen-bond acceptors (Lipinski definition) is 12. The zero-order chi connectivity index (χ0) is 44.0. The van der Waals surface area contributed by atoms with E-state index in [-0.39, 0.29) is 54.1 Å². The normalized spacial score (nSPS) is 28.2. The van der Waals surface area contributed by atoms with Gasteiger partial charge in [0, 0.05) is 57.1 Å². The van der Waals surface area contributed by atoms with Crippen LogP contribution in [0.15, 0.2) is 0 Å². The van der Waals surface area contributed by atoms with Crippen LogP contribution in [-0.4, -0.2) is 140 Å². The fourth-order valence-electron chi connectivity index (χ4n) is 9.06. The fourth-order valence-corrected chi connectivity index (χ4v) is 9.06. The van der Waals surface area contributed by atoms with Crippen LogP contribution in [0.5, 0.6) is 0 Å². The maximum Gasteiger partial charge on any atom is 0.158 e. The van der Waals surface area contributed by atoms with Gasteiger partial charge in [0.05, 0.1) is 48.3 Å². The Kier molecular flexibility index (Phi) is 30.1. The molecule has 338 valence electrons. The van der Waals surface area contributed by atoms with Crippen molar-refractivity contribution >= 4 is 6.29 Å². The molecule has 1 aliphatic carbocycles. The molecule has 0 aromatic heterocycles. The van der Waals surface area contributed by atoms with Gasteiger partial charge in [-0.2, -0.15) is 0 Å². The molecule has 2 rings (SSSR count). The molecule has 0 spiro atoms. The molecule has 1 saturated heterocycles. The van der Waals surface area contributed by atoms with E-state index < -0.39 is 41.5 Å². The predicted octanol–water partition coefficient (Wildman–Crippen LogP) is 5.65. The Balaban J connectivity index is 0. The predicted molar refractivity (Wildman–Crippen MR) is 230 cm³/mol. The van der Waals surface area contributed by atoms with Gasteiger partial charge in [0.2, 0.25) is 0 Å². The average molecular weight is 808 g/mol. The van der Waals surface area contributed by atoms with E-state index in [2.05, 4.69) is 24.1 Å². The van der Waals surface area contributed by atoms with Crippen LogP contribution in [-0.2, 0) is 23.7 Å². The molecule has 1 aliphatic heterocycles. The van der Waals surface area contributed by atoms with Crippen LogP contribution in [0.3, 0.4) is 0 Å². The molecule has 2 aliphatic rings. The maximum atomic E-state index is 12.4. The highest BCUT2D eigenvalue weighted by molar-refractivity contribution is 5.54. The number of aliphatic hydroxyl groups excluding tert-OH is 3. The van der Waals surface area contributed by atoms with Crippen LogP contribution < -0.4 is 11.1 Å². The van der Waals surface area contributed by atoms with Crippen molar-refractivity contribution in [3.05, 3.63) is 0 Å². The molecule has 12 nitrogen and oxygen atoms in total. The van der Waals surface area contributed by atoms with Crippen molar-refractivity contribution in [2.45, 2.75) is 196 Å². The number of ether oxygens (including phenoxy) is 4. The van der Waals surface area contributed by atoms with E-state index in [1.54, 1.807) is 7.11 Å². The van der Waals surface area contributed by atoms with Gasteiger partial charge in [0.1, 0.15) is 6.29 Å². The second kappa shape index (κ2) is 29.5. The van der Waals surface area contributed by atoms with Crippen LogP contribution in [0.2, 0.25) is 0 Å². The summed E-state index contributed by atoms with van der Waals surface area (Å²) in [6.45, 7) is 27.9. The second-order valence-corrected chi connectivity index (χ2v) is 17.4. The second-order valence-electron chi connectivity index (χ2n) is 17.4. The summed E-state index contributed by atoms with van der Waals surface area (Å²) in [7, 11) is 6.44. The lowest BCUT2D eigenvalue weighted by molar-refractivity contribution is -0.265. The van der Waals surface area contributed by atoms with E-state index in [1.165, 1.54) is 0 Å². The highest BCUT2D eigenvalue weighted by Gasteiger charge is 2.46. The zero-order valence-electron chi connectivity index (χ0n) is 39.1. The van der Waals surface area contributed by atoms with Gasteiger partial charge in [-0.15, -0.1) is 0 Å². The monoisotopic (exact) mass is 808 g/mol. The Morgan fingerprint density at radius 2 is 1.54 bits per heavy atom. The van der Waals surface area contributed by atoms with Gasteiger partial charge in [-0.25, -0.2) is 0 Å². The molecule has 1 saturated carbocycles. The summed E-state index contributed by atoms with van der Waals surface area (Å²) >= 11 is 0. The van der Waals surface area contributed by atoms with Crippen LogP contribution in [0.1, 0.15) is 135 Å². The minimum absolute atomic E-state index is 0.0117. The fraction of sp³-hybridized carbons (Fsp3) is 0.977. The Hall–Kier alpha value is -0.770. The van der Waals surface area contributed by atoms with E-state index in [0.29, 0.717) is 38.9 Å². The van der Waals surface area contributed by atoms with Gasteiger partial charge in [-0.3, -0.25) is 4.90 Å². The molecule has 0 amide bonds. The van der Waals surface area contributed by atoms with Crippen LogP contribution in [0, 0.1) is 35.0 Å². The van der Waals surface area contributed by atoms with Gasteiger partial charge in [0.25, 0.3) is 0 Å². The number of nitrogens with zero attached hydrogens (tertiary/aromatic N) is 1. The summed E-state index contributed by atoms with van der Waals surface area (Å²) in [6, 6.07) is -0.191. The summed E-state index contributed by atoms with van der Waals surface area (Å²) < 4.78 is 25.5. The van der Waals surface area contributed by atoms with Gasteiger partial charge in [-0.05, 0) is 97.6 Å². The third-order valence-electron chi connectivity index (χ3n) is 11.9. The van der Waals surface area contributed by atoms with Gasteiger partial charge >= 0.3 is 0 Å². The SMILES string of the molecule is CC.CC[C@@H](OC)C(C)(C)C(O)C(C)N(CCN)C[C@H](C)C[C@@](C)(O)[C@H](OC1CCCC(C)O1)[C@@H](C)[C@H](OC1CC(C)C(O)C(C)C1)C(C)C=O.CNC.CO. The van der Waals surface area contributed by atoms with Crippen molar-refractivity contribution in [3.63, 3.8) is 0 Å². The summed E-state index contributed by atoms with van der Waals surface area (Å²) in [5.41, 5.74) is 4.31. The van der Waals surface area contributed by atoms with E-state index in [4.69, 9.17) is 29.8 Å². The first-order valence-electron chi connectivity index (χ1n) is 21.8. The highest BCUT2D eigenvalue weighted by atomic mass is 16.7. The molecular formula is C44H93N3O9. The zero-order valence-corrected chi connectivity index (χ0v) is 39.1. The number of nitrogens with two attached hydrogens (primary N) is 1. The third-order valence-corrected chi connectivity index (χ3v) is 11.9. The molecule has 0 bridgehead atoms. The molecule has 0 aromatic rings. The lowest BCUT2D eigenvalue weighted by atomic mass is 9.76. The van der Waals surface area contributed by atoms with Crippen molar-refractivity contribution in [3.8, 4) is 0 Å². The van der Waals surface area contributed by atoms with Crippen LogP contribution >= 0.6 is 0 Å².